The molecule has 0 radical (unpaired) electrons. The van der Waals surface area contributed by atoms with E-state index in [0.717, 1.165) is 4.90 Å². The van der Waals surface area contributed by atoms with E-state index in [9.17, 15) is 9.32 Å². The summed E-state index contributed by atoms with van der Waals surface area (Å²) in [7, 11) is -1.05. The second-order valence-electron chi connectivity index (χ2n) is 5.44. The summed E-state index contributed by atoms with van der Waals surface area (Å²) in [5, 5.41) is 13.7. The van der Waals surface area contributed by atoms with Gasteiger partial charge in [-0.15, -0.1) is 0 Å². The molecule has 3 atom stereocenters. The predicted octanol–water partition coefficient (Wildman–Crippen LogP) is 1.29. The molecule has 0 amide bonds. The molecule has 1 aromatic carbocycles. The molecule has 2 aromatic rings. The third-order valence-electron chi connectivity index (χ3n) is 3.78. The number of rotatable bonds is 5. The first-order chi connectivity index (χ1) is 10.6. The number of likely N-dealkylation sites (tertiary alicyclic amines) is 1. The van der Waals surface area contributed by atoms with Crippen LogP contribution in [0.3, 0.4) is 0 Å². The van der Waals surface area contributed by atoms with Crippen LogP contribution in [0.2, 0.25) is 0 Å². The molecule has 1 aliphatic heterocycles. The smallest absolute Gasteiger partial charge is 0.244 e. The van der Waals surface area contributed by atoms with Gasteiger partial charge in [-0.1, -0.05) is 23.4 Å². The second kappa shape index (κ2) is 6.68. The first kappa shape index (κ1) is 15.3. The molecule has 6 nitrogen and oxygen atoms in total. The maximum Gasteiger partial charge on any atom is 0.244 e. The molecular formula is C15H19N3O3S. The fraction of sp³-hybridized carbons (Fsp3) is 0.467. The van der Waals surface area contributed by atoms with Gasteiger partial charge < -0.3 is 9.63 Å². The Hall–Kier alpha value is -1.57. The molecule has 1 aromatic heterocycles. The summed E-state index contributed by atoms with van der Waals surface area (Å²) in [6.07, 6.45) is 0.155. The van der Waals surface area contributed by atoms with Gasteiger partial charge >= 0.3 is 0 Å². The minimum absolute atomic E-state index is 0.0935. The quantitative estimate of drug-likeness (QED) is 0.894. The van der Waals surface area contributed by atoms with Crippen molar-refractivity contribution in [3.8, 4) is 0 Å². The van der Waals surface area contributed by atoms with Gasteiger partial charge in [0.05, 0.1) is 22.9 Å². The maximum atomic E-state index is 12.3. The number of nitrogens with zero attached hydrogens (tertiary/aromatic N) is 3. The Bertz CT molecular complexity index is 646. The highest BCUT2D eigenvalue weighted by molar-refractivity contribution is 7.85. The Labute approximate surface area is 131 Å². The standard InChI is InChI=1S/C15H19N3O3S/c1-11-16-15(21-17-11)14-9-12(19)10-18(14)7-8-22(20)13-5-3-2-4-6-13/h2-6,12,14,19H,7-10H2,1H3/t12-,14+,22?/m0/s1. The van der Waals surface area contributed by atoms with E-state index in [1.165, 1.54) is 0 Å². The van der Waals surface area contributed by atoms with Gasteiger partial charge in [0.2, 0.25) is 5.89 Å². The Balaban J connectivity index is 1.64. The van der Waals surface area contributed by atoms with Gasteiger partial charge in [0, 0.05) is 23.7 Å². The lowest BCUT2D eigenvalue weighted by atomic mass is 10.2. The van der Waals surface area contributed by atoms with Crippen molar-refractivity contribution in [1.82, 2.24) is 15.0 Å². The second-order valence-corrected chi connectivity index (χ2v) is 7.01. The van der Waals surface area contributed by atoms with Crippen molar-refractivity contribution in [2.45, 2.75) is 30.4 Å². The van der Waals surface area contributed by atoms with Crippen molar-refractivity contribution in [2.24, 2.45) is 0 Å². The fourth-order valence-corrected chi connectivity index (χ4v) is 3.82. The molecule has 0 saturated carbocycles. The molecule has 2 heterocycles. The van der Waals surface area contributed by atoms with Crippen LogP contribution in [-0.4, -0.2) is 49.3 Å². The number of aromatic nitrogens is 2. The number of benzene rings is 1. The molecule has 0 bridgehead atoms. The molecule has 22 heavy (non-hydrogen) atoms. The number of aliphatic hydroxyl groups excluding tert-OH is 1. The fourth-order valence-electron chi connectivity index (χ4n) is 2.72. The normalized spacial score (nSPS) is 23.7. The Morgan fingerprint density at radius 3 is 2.86 bits per heavy atom. The zero-order valence-corrected chi connectivity index (χ0v) is 13.2. The van der Waals surface area contributed by atoms with Crippen LogP contribution in [0.15, 0.2) is 39.8 Å². The Kier molecular flexibility index (Phi) is 4.66. The monoisotopic (exact) mass is 321 g/mol. The van der Waals surface area contributed by atoms with Crippen LogP contribution in [0.4, 0.5) is 0 Å². The van der Waals surface area contributed by atoms with Gasteiger partial charge in [-0.3, -0.25) is 9.11 Å². The first-order valence-electron chi connectivity index (χ1n) is 7.29. The van der Waals surface area contributed by atoms with E-state index in [-0.39, 0.29) is 6.04 Å². The van der Waals surface area contributed by atoms with Gasteiger partial charge in [0.15, 0.2) is 5.82 Å². The molecule has 1 unspecified atom stereocenters. The van der Waals surface area contributed by atoms with E-state index < -0.39 is 16.9 Å². The minimum atomic E-state index is -1.05. The Morgan fingerprint density at radius 1 is 1.41 bits per heavy atom. The summed E-state index contributed by atoms with van der Waals surface area (Å²) in [6, 6.07) is 9.32. The van der Waals surface area contributed by atoms with Crippen molar-refractivity contribution in [3.05, 3.63) is 42.0 Å². The zero-order chi connectivity index (χ0) is 15.5. The lowest BCUT2D eigenvalue weighted by molar-refractivity contribution is 0.176. The molecule has 1 aliphatic rings. The summed E-state index contributed by atoms with van der Waals surface area (Å²) in [6.45, 7) is 2.93. The van der Waals surface area contributed by atoms with Gasteiger partial charge in [-0.25, -0.2) is 0 Å². The number of aliphatic hydroxyl groups is 1. The molecule has 0 spiro atoms. The van der Waals surface area contributed by atoms with E-state index in [4.69, 9.17) is 4.52 Å². The summed E-state index contributed by atoms with van der Waals surface area (Å²) in [5.74, 6) is 1.63. The lowest BCUT2D eigenvalue weighted by Crippen LogP contribution is -2.29. The van der Waals surface area contributed by atoms with Crippen molar-refractivity contribution in [1.29, 1.82) is 0 Å². The van der Waals surface area contributed by atoms with E-state index in [0.29, 0.717) is 37.0 Å². The van der Waals surface area contributed by atoms with Gasteiger partial charge in [0.25, 0.3) is 0 Å². The maximum absolute atomic E-state index is 12.3. The topological polar surface area (TPSA) is 79.5 Å². The SMILES string of the molecule is Cc1noc([C@H]2C[C@H](O)CN2CCS(=O)c2ccccc2)n1. The summed E-state index contributed by atoms with van der Waals surface area (Å²) in [4.78, 5) is 7.15. The molecule has 7 heteroatoms. The van der Waals surface area contributed by atoms with E-state index >= 15 is 0 Å². The van der Waals surface area contributed by atoms with Crippen molar-refractivity contribution >= 4 is 10.8 Å². The number of hydrogen-bond donors (Lipinski definition) is 1. The van der Waals surface area contributed by atoms with Crippen LogP contribution in [-0.2, 0) is 10.8 Å². The van der Waals surface area contributed by atoms with E-state index in [2.05, 4.69) is 15.0 Å². The van der Waals surface area contributed by atoms with Gasteiger partial charge in [0.1, 0.15) is 0 Å². The highest BCUT2D eigenvalue weighted by Gasteiger charge is 2.35. The average Bonchev–Trinajstić information content (AvgIpc) is 3.11. The largest absolute Gasteiger partial charge is 0.392 e. The van der Waals surface area contributed by atoms with Crippen LogP contribution >= 0.6 is 0 Å². The first-order valence-corrected chi connectivity index (χ1v) is 8.61. The Morgan fingerprint density at radius 2 is 2.18 bits per heavy atom. The van der Waals surface area contributed by atoms with Crippen molar-refractivity contribution in [3.63, 3.8) is 0 Å². The summed E-state index contributed by atoms with van der Waals surface area (Å²) >= 11 is 0. The molecule has 3 rings (SSSR count). The van der Waals surface area contributed by atoms with Crippen LogP contribution in [0.1, 0.15) is 24.2 Å². The number of hydrogen-bond acceptors (Lipinski definition) is 6. The van der Waals surface area contributed by atoms with Crippen LogP contribution in [0, 0.1) is 6.92 Å². The number of β-amino-alcohol motifs (C(OH)–C–C–N with tert-alkyl or cyclic N) is 1. The predicted molar refractivity (Wildman–Crippen MR) is 81.7 cm³/mol. The number of aryl methyl sites for hydroxylation is 1. The summed E-state index contributed by atoms with van der Waals surface area (Å²) < 4.78 is 17.5. The molecule has 1 saturated heterocycles. The molecular weight excluding hydrogens is 302 g/mol. The van der Waals surface area contributed by atoms with Crippen LogP contribution in [0.5, 0.6) is 0 Å². The highest BCUT2D eigenvalue weighted by Crippen LogP contribution is 2.30. The highest BCUT2D eigenvalue weighted by atomic mass is 32.2. The van der Waals surface area contributed by atoms with E-state index in [1.54, 1.807) is 6.92 Å². The molecule has 1 fully saturated rings. The van der Waals surface area contributed by atoms with E-state index in [1.807, 2.05) is 30.3 Å². The zero-order valence-electron chi connectivity index (χ0n) is 12.4. The van der Waals surface area contributed by atoms with Crippen LogP contribution in [0.25, 0.3) is 0 Å². The average molecular weight is 321 g/mol. The van der Waals surface area contributed by atoms with Crippen molar-refractivity contribution in [2.75, 3.05) is 18.8 Å². The van der Waals surface area contributed by atoms with Gasteiger partial charge in [-0.2, -0.15) is 4.98 Å². The van der Waals surface area contributed by atoms with Crippen LogP contribution < -0.4 is 0 Å². The molecule has 1 N–H and O–H groups in total. The van der Waals surface area contributed by atoms with Crippen molar-refractivity contribution < 1.29 is 13.8 Å². The lowest BCUT2D eigenvalue weighted by Gasteiger charge is -2.20. The third-order valence-corrected chi connectivity index (χ3v) is 5.13. The minimum Gasteiger partial charge on any atom is -0.392 e. The molecule has 118 valence electrons. The molecule has 0 aliphatic carbocycles. The van der Waals surface area contributed by atoms with Gasteiger partial charge in [-0.05, 0) is 25.5 Å². The summed E-state index contributed by atoms with van der Waals surface area (Å²) in [5.41, 5.74) is 0. The third kappa shape index (κ3) is 3.43.